The highest BCUT2D eigenvalue weighted by atomic mass is 35.5. The van der Waals surface area contributed by atoms with E-state index in [0.717, 1.165) is 42.7 Å². The monoisotopic (exact) mass is 530 g/mol. The van der Waals surface area contributed by atoms with Crippen molar-refractivity contribution in [2.45, 2.75) is 62.6 Å². The van der Waals surface area contributed by atoms with E-state index in [9.17, 15) is 9.79 Å². The highest BCUT2D eigenvalue weighted by Crippen LogP contribution is 2.37. The van der Waals surface area contributed by atoms with Crippen LogP contribution in [0.5, 0.6) is 0 Å². The van der Waals surface area contributed by atoms with Crippen molar-refractivity contribution in [2.75, 3.05) is 25.1 Å². The van der Waals surface area contributed by atoms with Gasteiger partial charge in [-0.3, -0.25) is 0 Å². The molecule has 0 radical (unpaired) electrons. The minimum Gasteiger partial charge on any atom is -0.384 e. The molecule has 3 heterocycles. The summed E-state index contributed by atoms with van der Waals surface area (Å²) in [5.41, 5.74) is 9.36. The number of nitrogens with two attached hydrogens (primary N) is 2. The molecule has 8 N–H and O–H groups in total. The molecule has 4 rings (SSSR count). The van der Waals surface area contributed by atoms with E-state index in [1.54, 1.807) is 4.52 Å². The average Bonchev–Trinajstić information content (AvgIpc) is 3.57. The number of hydrazone groups is 1. The molecule has 0 bridgehead atoms. The fourth-order valence-corrected chi connectivity index (χ4v) is 5.05. The van der Waals surface area contributed by atoms with Crippen molar-refractivity contribution in [1.82, 2.24) is 20.1 Å². The first-order valence-electron chi connectivity index (χ1n) is 11.6. The predicted molar refractivity (Wildman–Crippen MR) is 132 cm³/mol. The van der Waals surface area contributed by atoms with Crippen LogP contribution in [0, 0.1) is 0 Å². The summed E-state index contributed by atoms with van der Waals surface area (Å²) in [6, 6.07) is 4.35. The van der Waals surface area contributed by atoms with Crippen molar-refractivity contribution < 1.29 is 24.0 Å². The number of hydrogen-bond donors (Lipinski definition) is 6. The number of amidine groups is 1. The Labute approximate surface area is 209 Å². The number of nitrogens with zero attached hydrogens (tertiary/aromatic N) is 4. The summed E-state index contributed by atoms with van der Waals surface area (Å²) >= 11 is 6.24. The van der Waals surface area contributed by atoms with Gasteiger partial charge in [0.1, 0.15) is 29.9 Å². The maximum atomic E-state index is 9.67. The molecule has 2 aliphatic rings. The quantitative estimate of drug-likeness (QED) is 0.0764. The Morgan fingerprint density at radius 1 is 1.31 bits per heavy atom. The minimum atomic E-state index is -2.37. The average molecular weight is 531 g/mol. The zero-order chi connectivity index (χ0) is 24.8. The van der Waals surface area contributed by atoms with Crippen molar-refractivity contribution in [3.63, 3.8) is 0 Å². The van der Waals surface area contributed by atoms with Gasteiger partial charge in [-0.15, -0.1) is 10.2 Å². The van der Waals surface area contributed by atoms with E-state index < -0.39 is 14.2 Å². The van der Waals surface area contributed by atoms with Crippen LogP contribution in [0.1, 0.15) is 50.3 Å². The summed E-state index contributed by atoms with van der Waals surface area (Å²) in [5, 5.41) is 11.6. The topological polar surface area (TPSA) is 187 Å². The molecule has 194 valence electrons. The molecule has 1 saturated heterocycles. The first kappa shape index (κ1) is 26.2. The molecular formula is C20H32ClN8O5P. The molecule has 35 heavy (non-hydrogen) atoms. The lowest BCUT2D eigenvalue weighted by Crippen LogP contribution is -2.29. The van der Waals surface area contributed by atoms with Gasteiger partial charge in [-0.1, -0.05) is 12.8 Å². The van der Waals surface area contributed by atoms with Gasteiger partial charge in [0, 0.05) is 6.04 Å². The van der Waals surface area contributed by atoms with Crippen LogP contribution in [-0.4, -0.2) is 68.0 Å². The SMILES string of the molecule is NN/N=C(\N)COCC(OCC1CCC(c2ccc3c(NC4CCCC4)nc(Cl)nn23)O1)P(O)O. The third-order valence-corrected chi connectivity index (χ3v) is 7.07. The zero-order valence-corrected chi connectivity index (χ0v) is 20.9. The number of nitrogens with one attached hydrogen (secondary N) is 2. The largest absolute Gasteiger partial charge is 0.384 e. The van der Waals surface area contributed by atoms with E-state index in [4.69, 9.17) is 37.4 Å². The number of rotatable bonds is 12. The van der Waals surface area contributed by atoms with E-state index in [2.05, 4.69) is 26.0 Å². The molecular weight excluding hydrogens is 499 g/mol. The van der Waals surface area contributed by atoms with Gasteiger partial charge in [-0.2, -0.15) is 4.98 Å². The van der Waals surface area contributed by atoms with Crippen molar-refractivity contribution in [1.29, 1.82) is 0 Å². The zero-order valence-electron chi connectivity index (χ0n) is 19.2. The van der Waals surface area contributed by atoms with Gasteiger partial charge in [-0.25, -0.2) is 15.9 Å². The normalized spacial score (nSPS) is 22.4. The maximum absolute atomic E-state index is 9.67. The summed E-state index contributed by atoms with van der Waals surface area (Å²) in [4.78, 5) is 23.8. The van der Waals surface area contributed by atoms with Crippen LogP contribution in [0.25, 0.3) is 5.52 Å². The van der Waals surface area contributed by atoms with Crippen LogP contribution in [0.2, 0.25) is 5.28 Å². The third-order valence-electron chi connectivity index (χ3n) is 6.10. The van der Waals surface area contributed by atoms with E-state index in [-0.39, 0.29) is 43.1 Å². The number of hydrazine groups is 1. The lowest BCUT2D eigenvalue weighted by atomic mass is 10.1. The fraction of sp³-hybridized carbons (Fsp3) is 0.650. The summed E-state index contributed by atoms with van der Waals surface area (Å²) in [5.74, 6) is 4.99. The summed E-state index contributed by atoms with van der Waals surface area (Å²) < 4.78 is 19.0. The van der Waals surface area contributed by atoms with Gasteiger partial charge in [0.05, 0.1) is 25.0 Å². The Kier molecular flexibility index (Phi) is 9.31. The van der Waals surface area contributed by atoms with E-state index in [1.165, 1.54) is 12.8 Å². The lowest BCUT2D eigenvalue weighted by Gasteiger charge is -2.21. The molecule has 1 aliphatic carbocycles. The molecule has 2 fully saturated rings. The molecule has 15 heteroatoms. The van der Waals surface area contributed by atoms with Crippen LogP contribution in [0.3, 0.4) is 0 Å². The lowest BCUT2D eigenvalue weighted by molar-refractivity contribution is -0.0432. The van der Waals surface area contributed by atoms with Crippen LogP contribution in [-0.2, 0) is 14.2 Å². The standard InChI is InChI=1S/C20H32ClN8O5P/c21-20-25-19(24-12-3-1-2-4-12)15-7-6-14(29(15)27-20)16-8-5-13(34-16)9-33-18(35(30)31)11-32-10-17(22)26-28-23/h6-7,12-13,16,18,28,30-31H,1-5,8-11,23H2,(H2,22,26)(H,24,25,27). The molecule has 0 spiro atoms. The number of hydrogen-bond acceptors (Lipinski definition) is 11. The highest BCUT2D eigenvalue weighted by Gasteiger charge is 2.31. The Balaban J connectivity index is 1.34. The van der Waals surface area contributed by atoms with Gasteiger partial charge >= 0.3 is 0 Å². The van der Waals surface area contributed by atoms with Crippen molar-refractivity contribution in [2.24, 2.45) is 16.7 Å². The highest BCUT2D eigenvalue weighted by molar-refractivity contribution is 7.45. The van der Waals surface area contributed by atoms with Crippen LogP contribution in [0.4, 0.5) is 5.82 Å². The molecule has 1 aliphatic heterocycles. The third kappa shape index (κ3) is 6.89. The van der Waals surface area contributed by atoms with Crippen molar-refractivity contribution in [3.8, 4) is 0 Å². The molecule has 2 aromatic heterocycles. The Morgan fingerprint density at radius 2 is 2.11 bits per heavy atom. The van der Waals surface area contributed by atoms with Crippen molar-refractivity contribution in [3.05, 3.63) is 23.1 Å². The predicted octanol–water partition coefficient (Wildman–Crippen LogP) is 1.35. The molecule has 0 aromatic carbocycles. The molecule has 3 atom stereocenters. The second-order valence-electron chi connectivity index (χ2n) is 8.59. The molecule has 13 nitrogen and oxygen atoms in total. The fourth-order valence-electron chi connectivity index (χ4n) is 4.43. The maximum Gasteiger partial charge on any atom is 0.243 e. The van der Waals surface area contributed by atoms with Gasteiger partial charge < -0.3 is 35.0 Å². The van der Waals surface area contributed by atoms with Crippen LogP contribution >= 0.6 is 20.0 Å². The Hall–Kier alpha value is -1.83. The van der Waals surface area contributed by atoms with Crippen LogP contribution < -0.4 is 22.4 Å². The Morgan fingerprint density at radius 3 is 2.86 bits per heavy atom. The van der Waals surface area contributed by atoms with E-state index >= 15 is 0 Å². The summed E-state index contributed by atoms with van der Waals surface area (Å²) in [6.07, 6.45) is 5.77. The number of ether oxygens (including phenoxy) is 3. The Bertz CT molecular complexity index is 1010. The van der Waals surface area contributed by atoms with Gasteiger partial charge in [0.2, 0.25) is 5.28 Å². The van der Waals surface area contributed by atoms with Gasteiger partial charge in [0.15, 0.2) is 14.2 Å². The molecule has 2 aromatic rings. The summed E-state index contributed by atoms with van der Waals surface area (Å²) in [6.45, 7) is 0.0929. The number of fused-ring (bicyclic) bond motifs is 1. The number of aromatic nitrogens is 3. The molecule has 1 saturated carbocycles. The number of halogens is 1. The van der Waals surface area contributed by atoms with E-state index in [0.29, 0.717) is 6.04 Å². The van der Waals surface area contributed by atoms with E-state index in [1.807, 2.05) is 12.1 Å². The first-order chi connectivity index (χ1) is 16.9. The van der Waals surface area contributed by atoms with Crippen molar-refractivity contribution >= 4 is 37.1 Å². The summed E-state index contributed by atoms with van der Waals surface area (Å²) in [7, 11) is -2.37. The van der Waals surface area contributed by atoms with Gasteiger partial charge in [-0.05, 0) is 49.4 Å². The van der Waals surface area contributed by atoms with Crippen LogP contribution in [0.15, 0.2) is 17.2 Å². The number of anilines is 1. The first-order valence-corrected chi connectivity index (χ1v) is 13.2. The minimum absolute atomic E-state index is 0.0292. The second kappa shape index (κ2) is 12.4. The smallest absolute Gasteiger partial charge is 0.243 e. The van der Waals surface area contributed by atoms with Gasteiger partial charge in [0.25, 0.3) is 0 Å². The molecule has 0 amide bonds. The second-order valence-corrected chi connectivity index (χ2v) is 10.1. The molecule has 3 unspecified atom stereocenters.